The molecule has 1 fully saturated rings. The van der Waals surface area contributed by atoms with Crippen molar-refractivity contribution < 1.29 is 9.90 Å². The number of aliphatic hydroxyl groups excluding tert-OH is 1. The van der Waals surface area contributed by atoms with Crippen molar-refractivity contribution in [3.8, 4) is 0 Å². The minimum atomic E-state index is 0.0445. The Morgan fingerprint density at radius 2 is 1.91 bits per heavy atom. The molecule has 4 heteroatoms. The summed E-state index contributed by atoms with van der Waals surface area (Å²) in [6.07, 6.45) is 3.52. The summed E-state index contributed by atoms with van der Waals surface area (Å²) in [5, 5.41) is 9.69. The molecule has 1 amide bonds. The number of rotatable bonds is 3. The second-order valence-electron chi connectivity index (χ2n) is 6.34. The lowest BCUT2D eigenvalue weighted by atomic mass is 9.90. The van der Waals surface area contributed by atoms with Crippen LogP contribution in [0.5, 0.6) is 0 Å². The number of carbonyl (C=O) groups is 1. The highest BCUT2D eigenvalue weighted by Crippen LogP contribution is 2.33. The minimum absolute atomic E-state index is 0.0445. The van der Waals surface area contributed by atoms with Crippen molar-refractivity contribution in [2.75, 3.05) is 19.7 Å². The Bertz CT molecular complexity index is 700. The van der Waals surface area contributed by atoms with E-state index in [1.807, 2.05) is 49.1 Å². The van der Waals surface area contributed by atoms with Gasteiger partial charge in [-0.15, -0.1) is 0 Å². The van der Waals surface area contributed by atoms with E-state index in [0.717, 1.165) is 16.7 Å². The quantitative estimate of drug-likeness (QED) is 0.948. The van der Waals surface area contributed by atoms with E-state index in [4.69, 9.17) is 0 Å². The van der Waals surface area contributed by atoms with E-state index in [9.17, 15) is 9.90 Å². The lowest BCUT2D eigenvalue weighted by Gasteiger charge is -2.17. The lowest BCUT2D eigenvalue weighted by Crippen LogP contribution is -2.29. The first-order valence-corrected chi connectivity index (χ1v) is 7.97. The van der Waals surface area contributed by atoms with Crippen LogP contribution in [0.15, 0.2) is 42.7 Å². The first-order chi connectivity index (χ1) is 11.1. The minimum Gasteiger partial charge on any atom is -0.396 e. The topological polar surface area (TPSA) is 53.4 Å². The summed E-state index contributed by atoms with van der Waals surface area (Å²) in [4.78, 5) is 18.7. The molecule has 1 N–H and O–H groups in total. The number of aryl methyl sites for hydroxylation is 2. The first kappa shape index (κ1) is 15.7. The van der Waals surface area contributed by atoms with E-state index in [0.29, 0.717) is 13.1 Å². The van der Waals surface area contributed by atoms with Crippen molar-refractivity contribution >= 4 is 5.91 Å². The lowest BCUT2D eigenvalue weighted by molar-refractivity contribution is 0.0781. The van der Waals surface area contributed by atoms with Crippen molar-refractivity contribution in [2.24, 2.45) is 5.92 Å². The summed E-state index contributed by atoms with van der Waals surface area (Å²) in [7, 11) is 0. The number of carbonyl (C=O) groups excluding carboxylic acids is 1. The molecule has 2 heterocycles. The van der Waals surface area contributed by atoms with Crippen LogP contribution in [0, 0.1) is 19.8 Å². The Hall–Kier alpha value is -2.20. The fraction of sp³-hybridized carbons (Fsp3) is 0.368. The normalized spacial score (nSPS) is 20.7. The Balaban J connectivity index is 1.81. The monoisotopic (exact) mass is 310 g/mol. The van der Waals surface area contributed by atoms with Crippen LogP contribution < -0.4 is 0 Å². The number of amides is 1. The summed E-state index contributed by atoms with van der Waals surface area (Å²) in [6, 6.07) is 9.76. The van der Waals surface area contributed by atoms with Crippen LogP contribution in [0.25, 0.3) is 0 Å². The van der Waals surface area contributed by atoms with Gasteiger partial charge in [0, 0.05) is 49.5 Å². The number of pyridine rings is 1. The third kappa shape index (κ3) is 3.13. The van der Waals surface area contributed by atoms with Crippen LogP contribution in [-0.2, 0) is 0 Å². The Morgan fingerprint density at radius 1 is 1.17 bits per heavy atom. The number of likely N-dealkylation sites (tertiary alicyclic amines) is 1. The molecule has 1 aromatic carbocycles. The maximum atomic E-state index is 12.8. The van der Waals surface area contributed by atoms with Crippen LogP contribution in [0.1, 0.15) is 33.0 Å². The summed E-state index contributed by atoms with van der Waals surface area (Å²) in [6.45, 7) is 5.38. The molecule has 23 heavy (non-hydrogen) atoms. The third-order valence-electron chi connectivity index (χ3n) is 4.85. The zero-order chi connectivity index (χ0) is 16.4. The van der Waals surface area contributed by atoms with Gasteiger partial charge in [-0.2, -0.15) is 0 Å². The van der Waals surface area contributed by atoms with Gasteiger partial charge < -0.3 is 10.0 Å². The smallest absolute Gasteiger partial charge is 0.253 e. The van der Waals surface area contributed by atoms with Gasteiger partial charge in [-0.1, -0.05) is 6.07 Å². The van der Waals surface area contributed by atoms with Gasteiger partial charge in [-0.05, 0) is 54.8 Å². The molecule has 0 saturated carbocycles. The average Bonchev–Trinajstić information content (AvgIpc) is 3.02. The Labute approximate surface area is 136 Å². The van der Waals surface area contributed by atoms with E-state index in [1.165, 1.54) is 5.56 Å². The molecule has 2 aromatic rings. The maximum Gasteiger partial charge on any atom is 0.253 e. The van der Waals surface area contributed by atoms with Crippen molar-refractivity contribution in [2.45, 2.75) is 19.8 Å². The van der Waals surface area contributed by atoms with Crippen LogP contribution in [-0.4, -0.2) is 40.6 Å². The zero-order valence-corrected chi connectivity index (χ0v) is 13.6. The first-order valence-electron chi connectivity index (χ1n) is 7.97. The average molecular weight is 310 g/mol. The zero-order valence-electron chi connectivity index (χ0n) is 13.6. The molecule has 1 saturated heterocycles. The molecule has 1 aromatic heterocycles. The second kappa shape index (κ2) is 6.50. The largest absolute Gasteiger partial charge is 0.396 e. The van der Waals surface area contributed by atoms with Crippen LogP contribution in [0.2, 0.25) is 0 Å². The van der Waals surface area contributed by atoms with Gasteiger partial charge in [0.05, 0.1) is 0 Å². The number of aliphatic hydroxyl groups is 1. The van der Waals surface area contributed by atoms with E-state index >= 15 is 0 Å². The second-order valence-corrected chi connectivity index (χ2v) is 6.34. The fourth-order valence-corrected chi connectivity index (χ4v) is 3.27. The molecule has 0 bridgehead atoms. The molecular formula is C19H22N2O2. The number of hydrogen-bond donors (Lipinski definition) is 1. The van der Waals surface area contributed by atoms with Crippen LogP contribution in [0.4, 0.5) is 0 Å². The fourth-order valence-electron chi connectivity index (χ4n) is 3.27. The Morgan fingerprint density at radius 3 is 2.57 bits per heavy atom. The van der Waals surface area contributed by atoms with Crippen LogP contribution in [0.3, 0.4) is 0 Å². The maximum absolute atomic E-state index is 12.8. The molecule has 0 aliphatic carbocycles. The van der Waals surface area contributed by atoms with Gasteiger partial charge in [0.1, 0.15) is 0 Å². The predicted molar refractivity (Wildman–Crippen MR) is 89.4 cm³/mol. The SMILES string of the molecule is Cc1ccc(C(=O)N2C[C@@H](CO)[C@H](c3ccncc3)C2)cc1C. The number of nitrogens with zero attached hydrogens (tertiary/aromatic N) is 2. The summed E-state index contributed by atoms with van der Waals surface area (Å²) >= 11 is 0. The highest BCUT2D eigenvalue weighted by atomic mass is 16.3. The molecule has 120 valence electrons. The predicted octanol–water partition coefficient (Wildman–Crippen LogP) is 2.55. The van der Waals surface area contributed by atoms with E-state index < -0.39 is 0 Å². The van der Waals surface area contributed by atoms with Crippen molar-refractivity contribution in [1.82, 2.24) is 9.88 Å². The highest BCUT2D eigenvalue weighted by Gasteiger charge is 2.36. The molecule has 4 nitrogen and oxygen atoms in total. The van der Waals surface area contributed by atoms with Gasteiger partial charge >= 0.3 is 0 Å². The van der Waals surface area contributed by atoms with Crippen molar-refractivity contribution in [3.05, 3.63) is 65.0 Å². The molecular weight excluding hydrogens is 288 g/mol. The summed E-state index contributed by atoms with van der Waals surface area (Å²) in [5.74, 6) is 0.287. The molecule has 3 rings (SSSR count). The number of hydrogen-bond acceptors (Lipinski definition) is 3. The standard InChI is InChI=1S/C19H22N2O2/c1-13-3-4-16(9-14(13)2)19(23)21-10-17(12-22)18(11-21)15-5-7-20-8-6-15/h3-9,17-18,22H,10-12H2,1-2H3/t17-,18-/m0/s1. The molecule has 1 aliphatic heterocycles. The van der Waals surface area contributed by atoms with Crippen LogP contribution >= 0.6 is 0 Å². The van der Waals surface area contributed by atoms with E-state index in [2.05, 4.69) is 4.98 Å². The molecule has 1 aliphatic rings. The van der Waals surface area contributed by atoms with E-state index in [1.54, 1.807) is 12.4 Å². The van der Waals surface area contributed by atoms with Gasteiger partial charge in [0.25, 0.3) is 5.91 Å². The van der Waals surface area contributed by atoms with Crippen molar-refractivity contribution in [1.29, 1.82) is 0 Å². The third-order valence-corrected chi connectivity index (χ3v) is 4.85. The highest BCUT2D eigenvalue weighted by molar-refractivity contribution is 5.94. The van der Waals surface area contributed by atoms with Crippen molar-refractivity contribution in [3.63, 3.8) is 0 Å². The molecule has 0 radical (unpaired) electrons. The number of aromatic nitrogens is 1. The van der Waals surface area contributed by atoms with Gasteiger partial charge in [0.15, 0.2) is 0 Å². The molecule has 0 spiro atoms. The van der Waals surface area contributed by atoms with Gasteiger partial charge in [-0.25, -0.2) is 0 Å². The van der Waals surface area contributed by atoms with Gasteiger partial charge in [0.2, 0.25) is 0 Å². The molecule has 2 atom stereocenters. The van der Waals surface area contributed by atoms with Gasteiger partial charge in [-0.3, -0.25) is 9.78 Å². The molecule has 0 unspecified atom stereocenters. The summed E-state index contributed by atoms with van der Waals surface area (Å²) < 4.78 is 0. The van der Waals surface area contributed by atoms with E-state index in [-0.39, 0.29) is 24.3 Å². The Kier molecular flexibility index (Phi) is 4.44. The summed E-state index contributed by atoms with van der Waals surface area (Å²) in [5.41, 5.74) is 4.17. The number of benzene rings is 1.